The summed E-state index contributed by atoms with van der Waals surface area (Å²) in [4.78, 5) is 10.3. The molecule has 1 N–H and O–H groups in total. The molecule has 1 aliphatic heterocycles. The molecule has 1 aromatic carbocycles. The quantitative estimate of drug-likeness (QED) is 0.838. The number of ether oxygens (including phenoxy) is 1. The lowest BCUT2D eigenvalue weighted by molar-refractivity contribution is -0.144. The van der Waals surface area contributed by atoms with E-state index in [0.29, 0.717) is 6.42 Å². The van der Waals surface area contributed by atoms with Gasteiger partial charge in [-0.05, 0) is 18.6 Å². The second-order valence-electron chi connectivity index (χ2n) is 4.68. The average Bonchev–Trinajstić information content (AvgIpc) is 2.84. The molecule has 6 nitrogen and oxygen atoms in total. The van der Waals surface area contributed by atoms with Gasteiger partial charge in [0, 0.05) is 18.1 Å². The zero-order valence-corrected chi connectivity index (χ0v) is 14.2. The number of aliphatic carboxylic acids is 1. The molecule has 0 saturated carbocycles. The number of carboxylic acids is 1. The smallest absolute Gasteiger partial charge is 0.329 e. The van der Waals surface area contributed by atoms with Gasteiger partial charge >= 0.3 is 5.97 Å². The number of hydrogen-bond acceptors (Lipinski definition) is 4. The summed E-state index contributed by atoms with van der Waals surface area (Å²) in [6.07, 6.45) is -0.0780. The highest BCUT2D eigenvalue weighted by Gasteiger charge is 2.35. The topological polar surface area (TPSA) is 83.9 Å². The fourth-order valence-corrected chi connectivity index (χ4v) is 5.12. The number of carboxylic acid groups (broad SMARTS) is 1. The van der Waals surface area contributed by atoms with Crippen LogP contribution in [-0.4, -0.2) is 49.6 Å². The summed E-state index contributed by atoms with van der Waals surface area (Å²) in [6.45, 7) is -0.228. The summed E-state index contributed by atoms with van der Waals surface area (Å²) >= 11 is 17.7. The standard InChI is InChI=1S/C12H12Cl3NO5S/c13-7-3-9(14)12(10(15)4-7)22(19,20)16-2-1-8(5-16)21-6-11(17)18/h3-4,8H,1-2,5-6H2,(H,17,18). The molecule has 1 saturated heterocycles. The normalized spacial score (nSPS) is 19.5. The predicted octanol–water partition coefficient (Wildman–Crippen LogP) is 2.51. The third kappa shape index (κ3) is 3.84. The van der Waals surface area contributed by atoms with Crippen LogP contribution in [-0.2, 0) is 19.6 Å². The molecule has 122 valence electrons. The first-order chi connectivity index (χ1) is 10.2. The van der Waals surface area contributed by atoms with Crippen molar-refractivity contribution in [1.29, 1.82) is 0 Å². The molecule has 22 heavy (non-hydrogen) atoms. The first-order valence-electron chi connectivity index (χ1n) is 6.20. The average molecular weight is 389 g/mol. The number of nitrogens with zero attached hydrogens (tertiary/aromatic N) is 1. The molecule has 1 atom stereocenters. The van der Waals surface area contributed by atoms with E-state index in [0.717, 1.165) is 0 Å². The van der Waals surface area contributed by atoms with Crippen LogP contribution < -0.4 is 0 Å². The molecule has 0 bridgehead atoms. The SMILES string of the molecule is O=C(O)COC1CCN(S(=O)(=O)c2c(Cl)cc(Cl)cc2Cl)C1. The molecule has 0 aromatic heterocycles. The Labute approximate surface area is 142 Å². The lowest BCUT2D eigenvalue weighted by atomic mass is 10.3. The van der Waals surface area contributed by atoms with E-state index < -0.39 is 28.7 Å². The number of benzene rings is 1. The Balaban J connectivity index is 2.20. The van der Waals surface area contributed by atoms with Crippen LogP contribution in [0, 0.1) is 0 Å². The zero-order chi connectivity index (χ0) is 16.5. The van der Waals surface area contributed by atoms with E-state index in [9.17, 15) is 13.2 Å². The molecule has 1 heterocycles. The van der Waals surface area contributed by atoms with Crippen LogP contribution in [0.4, 0.5) is 0 Å². The number of sulfonamides is 1. The Morgan fingerprint density at radius 1 is 1.32 bits per heavy atom. The molecule has 0 aliphatic carbocycles. The summed E-state index contributed by atoms with van der Waals surface area (Å²) in [5.41, 5.74) is 0. The van der Waals surface area contributed by atoms with Gasteiger partial charge in [0.2, 0.25) is 10.0 Å². The van der Waals surface area contributed by atoms with Crippen molar-refractivity contribution >= 4 is 50.8 Å². The van der Waals surface area contributed by atoms with Crippen LogP contribution in [0.2, 0.25) is 15.1 Å². The van der Waals surface area contributed by atoms with E-state index in [2.05, 4.69) is 0 Å². The number of carbonyl (C=O) groups is 1. The van der Waals surface area contributed by atoms with Gasteiger partial charge < -0.3 is 9.84 Å². The lowest BCUT2D eigenvalue weighted by Crippen LogP contribution is -2.31. The Morgan fingerprint density at radius 3 is 2.45 bits per heavy atom. The monoisotopic (exact) mass is 387 g/mol. The van der Waals surface area contributed by atoms with Crippen molar-refractivity contribution < 1.29 is 23.1 Å². The van der Waals surface area contributed by atoms with E-state index >= 15 is 0 Å². The third-order valence-corrected chi connectivity index (χ3v) is 6.12. The summed E-state index contributed by atoms with van der Waals surface area (Å²) in [5, 5.41) is 8.68. The first-order valence-corrected chi connectivity index (χ1v) is 8.77. The van der Waals surface area contributed by atoms with E-state index in [-0.39, 0.29) is 33.1 Å². The summed E-state index contributed by atoms with van der Waals surface area (Å²) in [5.74, 6) is -1.11. The molecule has 1 aliphatic rings. The predicted molar refractivity (Wildman–Crippen MR) is 82.2 cm³/mol. The van der Waals surface area contributed by atoms with E-state index in [1.807, 2.05) is 0 Å². The molecule has 0 amide bonds. The maximum atomic E-state index is 12.6. The Hall–Kier alpha value is -0.570. The van der Waals surface area contributed by atoms with Gasteiger partial charge in [-0.2, -0.15) is 4.31 Å². The minimum atomic E-state index is -3.90. The largest absolute Gasteiger partial charge is 0.480 e. The van der Waals surface area contributed by atoms with Crippen molar-refractivity contribution in [2.24, 2.45) is 0 Å². The molecule has 1 fully saturated rings. The van der Waals surface area contributed by atoms with E-state index in [1.165, 1.54) is 16.4 Å². The summed E-state index contributed by atoms with van der Waals surface area (Å²) in [6, 6.07) is 2.60. The Bertz CT molecular complexity index is 671. The van der Waals surface area contributed by atoms with Gasteiger partial charge in [0.25, 0.3) is 0 Å². The highest BCUT2D eigenvalue weighted by molar-refractivity contribution is 7.89. The summed E-state index contributed by atoms with van der Waals surface area (Å²) in [7, 11) is -3.90. The van der Waals surface area contributed by atoms with Crippen molar-refractivity contribution in [3.05, 3.63) is 27.2 Å². The van der Waals surface area contributed by atoms with Gasteiger partial charge in [0.1, 0.15) is 11.5 Å². The number of halogens is 3. The zero-order valence-electron chi connectivity index (χ0n) is 11.1. The number of hydrogen-bond donors (Lipinski definition) is 1. The van der Waals surface area contributed by atoms with Crippen LogP contribution in [0.5, 0.6) is 0 Å². The van der Waals surface area contributed by atoms with Gasteiger partial charge in [-0.25, -0.2) is 13.2 Å². The fourth-order valence-electron chi connectivity index (χ4n) is 2.15. The second-order valence-corrected chi connectivity index (χ2v) is 7.80. The van der Waals surface area contributed by atoms with E-state index in [4.69, 9.17) is 44.6 Å². The van der Waals surface area contributed by atoms with Crippen molar-refractivity contribution in [2.45, 2.75) is 17.4 Å². The van der Waals surface area contributed by atoms with Gasteiger partial charge in [0.15, 0.2) is 0 Å². The van der Waals surface area contributed by atoms with Gasteiger partial charge in [0.05, 0.1) is 16.1 Å². The minimum Gasteiger partial charge on any atom is -0.480 e. The van der Waals surface area contributed by atoms with Crippen LogP contribution >= 0.6 is 34.8 Å². The van der Waals surface area contributed by atoms with Gasteiger partial charge in [-0.15, -0.1) is 0 Å². The Morgan fingerprint density at radius 2 is 1.91 bits per heavy atom. The van der Waals surface area contributed by atoms with Gasteiger partial charge in [-0.1, -0.05) is 34.8 Å². The molecule has 0 radical (unpaired) electrons. The van der Waals surface area contributed by atoms with Crippen LogP contribution in [0.3, 0.4) is 0 Å². The molecule has 0 spiro atoms. The second kappa shape index (κ2) is 6.90. The van der Waals surface area contributed by atoms with Crippen LogP contribution in [0.15, 0.2) is 17.0 Å². The molecule has 2 rings (SSSR count). The van der Waals surface area contributed by atoms with Crippen LogP contribution in [0.25, 0.3) is 0 Å². The Kier molecular flexibility index (Phi) is 5.58. The highest BCUT2D eigenvalue weighted by Crippen LogP contribution is 2.35. The maximum absolute atomic E-state index is 12.6. The first kappa shape index (κ1) is 17.8. The molecule has 1 unspecified atom stereocenters. The van der Waals surface area contributed by atoms with Crippen molar-refractivity contribution in [1.82, 2.24) is 4.31 Å². The summed E-state index contributed by atoms with van der Waals surface area (Å²) < 4.78 is 31.5. The lowest BCUT2D eigenvalue weighted by Gasteiger charge is -2.18. The molecule has 1 aromatic rings. The van der Waals surface area contributed by atoms with Crippen molar-refractivity contribution in [3.63, 3.8) is 0 Å². The molecular formula is C12H12Cl3NO5S. The number of rotatable bonds is 5. The van der Waals surface area contributed by atoms with Crippen molar-refractivity contribution in [2.75, 3.05) is 19.7 Å². The molecule has 10 heteroatoms. The molecular weight excluding hydrogens is 377 g/mol. The van der Waals surface area contributed by atoms with Crippen molar-refractivity contribution in [3.8, 4) is 0 Å². The fraction of sp³-hybridized carbons (Fsp3) is 0.417. The third-order valence-electron chi connectivity index (χ3n) is 3.11. The maximum Gasteiger partial charge on any atom is 0.329 e. The van der Waals surface area contributed by atoms with E-state index in [1.54, 1.807) is 0 Å². The minimum absolute atomic E-state index is 0.0465. The highest BCUT2D eigenvalue weighted by atomic mass is 35.5. The van der Waals surface area contributed by atoms with Gasteiger partial charge in [-0.3, -0.25) is 0 Å². The van der Waals surface area contributed by atoms with Crippen LogP contribution in [0.1, 0.15) is 6.42 Å².